The third-order valence-electron chi connectivity index (χ3n) is 1.63. The van der Waals surface area contributed by atoms with Crippen LogP contribution in [-0.4, -0.2) is 11.5 Å². The lowest BCUT2D eigenvalue weighted by Gasteiger charge is -2.06. The molecule has 0 spiro atoms. The first kappa shape index (κ1) is 12.4. The molecule has 5 nitrogen and oxygen atoms in total. The van der Waals surface area contributed by atoms with Gasteiger partial charge >= 0.3 is 0 Å². The molecule has 0 heterocycles. The quantitative estimate of drug-likeness (QED) is 0.286. The summed E-state index contributed by atoms with van der Waals surface area (Å²) in [6.45, 7) is 0. The lowest BCUT2D eigenvalue weighted by atomic mass is 10.3. The Morgan fingerprint density at radius 3 is 2.81 bits per heavy atom. The van der Waals surface area contributed by atoms with E-state index in [2.05, 4.69) is 23.2 Å². The van der Waals surface area contributed by atoms with E-state index >= 15 is 0 Å². The Kier molecular flexibility index (Phi) is 4.17. The van der Waals surface area contributed by atoms with Crippen LogP contribution in [0, 0.1) is 16.7 Å². The van der Waals surface area contributed by atoms with Crippen molar-refractivity contribution in [2.45, 2.75) is 4.90 Å². The van der Waals surface area contributed by atoms with Crippen molar-refractivity contribution in [1.82, 2.24) is 0 Å². The maximum atomic E-state index is 8.62. The average molecular weight is 254 g/mol. The van der Waals surface area contributed by atoms with Crippen LogP contribution in [0.4, 0.5) is 5.69 Å². The highest BCUT2D eigenvalue weighted by molar-refractivity contribution is 7.80. The number of anilines is 1. The Labute approximate surface area is 103 Å². The lowest BCUT2D eigenvalue weighted by Crippen LogP contribution is -2.21. The van der Waals surface area contributed by atoms with E-state index < -0.39 is 5.84 Å². The number of hydrogen-bond donors (Lipinski definition) is 4. The molecule has 82 valence electrons. The van der Waals surface area contributed by atoms with Crippen molar-refractivity contribution in [3.63, 3.8) is 0 Å². The largest absolute Gasteiger partial charge is 0.382 e. The zero-order chi connectivity index (χ0) is 12.1. The summed E-state index contributed by atoms with van der Waals surface area (Å²) in [7, 11) is 0. The van der Waals surface area contributed by atoms with Crippen molar-refractivity contribution in [2.75, 3.05) is 5.43 Å². The molecule has 1 aromatic rings. The standard InChI is InChI=1S/C9H8ClN5S/c10-5-2-1-3-7(16)8(5)15-14-6(4-11)9(12)13/h1-3,15-16H,(H3,12,13)/b14-6+. The topological polar surface area (TPSA) is 98.0 Å². The van der Waals surface area contributed by atoms with E-state index in [0.717, 1.165) is 0 Å². The van der Waals surface area contributed by atoms with E-state index in [9.17, 15) is 0 Å². The molecular formula is C9H8ClN5S. The van der Waals surface area contributed by atoms with Crippen molar-refractivity contribution >= 4 is 41.5 Å². The highest BCUT2D eigenvalue weighted by Gasteiger charge is 2.05. The van der Waals surface area contributed by atoms with Crippen LogP contribution in [0.5, 0.6) is 0 Å². The first-order valence-corrected chi connectivity index (χ1v) is 4.94. The molecule has 0 unspecified atom stereocenters. The SMILES string of the molecule is N#C/C(=N\Nc1c(S)cccc1Cl)C(=N)N. The fraction of sp³-hybridized carbons (Fsp3) is 0. The molecule has 0 aliphatic rings. The van der Waals surface area contributed by atoms with Crippen LogP contribution in [0.25, 0.3) is 0 Å². The molecule has 0 atom stereocenters. The Bertz CT molecular complexity index is 471. The minimum atomic E-state index is -0.414. The minimum Gasteiger partial charge on any atom is -0.382 e. The van der Waals surface area contributed by atoms with E-state index in [4.69, 9.17) is 28.0 Å². The number of benzene rings is 1. The molecule has 1 rings (SSSR count). The second-order valence-corrected chi connectivity index (χ2v) is 3.62. The second kappa shape index (κ2) is 5.39. The molecule has 0 radical (unpaired) electrons. The molecule has 0 aromatic heterocycles. The fourth-order valence-corrected chi connectivity index (χ4v) is 1.42. The van der Waals surface area contributed by atoms with Gasteiger partial charge < -0.3 is 5.73 Å². The van der Waals surface area contributed by atoms with Crippen LogP contribution in [0.1, 0.15) is 0 Å². The monoisotopic (exact) mass is 253 g/mol. The molecule has 0 bridgehead atoms. The van der Waals surface area contributed by atoms with Crippen molar-refractivity contribution in [3.05, 3.63) is 23.2 Å². The van der Waals surface area contributed by atoms with Gasteiger partial charge in [0.05, 0.1) is 10.7 Å². The second-order valence-electron chi connectivity index (χ2n) is 2.73. The highest BCUT2D eigenvalue weighted by atomic mass is 35.5. The molecule has 1 aromatic carbocycles. The first-order chi connectivity index (χ1) is 7.56. The number of nitriles is 1. The Morgan fingerprint density at radius 1 is 1.62 bits per heavy atom. The number of nitrogens with one attached hydrogen (secondary N) is 2. The summed E-state index contributed by atoms with van der Waals surface area (Å²) in [6.07, 6.45) is 0. The van der Waals surface area contributed by atoms with E-state index in [1.54, 1.807) is 24.3 Å². The summed E-state index contributed by atoms with van der Waals surface area (Å²) in [5.74, 6) is -0.414. The van der Waals surface area contributed by atoms with Gasteiger partial charge in [-0.2, -0.15) is 10.4 Å². The smallest absolute Gasteiger partial charge is 0.201 e. The molecule has 0 saturated heterocycles. The summed E-state index contributed by atoms with van der Waals surface area (Å²) in [5.41, 5.74) is 7.92. The average Bonchev–Trinajstić information content (AvgIpc) is 2.22. The molecule has 0 amide bonds. The lowest BCUT2D eigenvalue weighted by molar-refractivity contribution is 1.28. The molecule has 0 aliphatic carbocycles. The van der Waals surface area contributed by atoms with Crippen LogP contribution in [0.2, 0.25) is 5.02 Å². The summed E-state index contributed by atoms with van der Waals surface area (Å²) in [6, 6.07) is 6.78. The Morgan fingerprint density at radius 2 is 2.31 bits per heavy atom. The number of hydrazone groups is 1. The van der Waals surface area contributed by atoms with Gasteiger partial charge in [0, 0.05) is 4.90 Å². The summed E-state index contributed by atoms with van der Waals surface area (Å²) in [4.78, 5) is 0.581. The fourth-order valence-electron chi connectivity index (χ4n) is 0.881. The number of halogens is 1. The van der Waals surface area contributed by atoms with Crippen LogP contribution in [0.3, 0.4) is 0 Å². The summed E-state index contributed by atoms with van der Waals surface area (Å²) < 4.78 is 0. The van der Waals surface area contributed by atoms with Gasteiger partial charge in [-0.1, -0.05) is 17.7 Å². The van der Waals surface area contributed by atoms with Crippen LogP contribution in [0.15, 0.2) is 28.2 Å². The number of nitrogens with zero attached hydrogens (tertiary/aromatic N) is 2. The Balaban J connectivity index is 2.99. The summed E-state index contributed by atoms with van der Waals surface area (Å²) >= 11 is 10.1. The van der Waals surface area contributed by atoms with Crippen LogP contribution >= 0.6 is 24.2 Å². The van der Waals surface area contributed by atoms with Gasteiger partial charge in [-0.15, -0.1) is 12.6 Å². The maximum absolute atomic E-state index is 8.62. The van der Waals surface area contributed by atoms with Crippen molar-refractivity contribution in [1.29, 1.82) is 10.7 Å². The van der Waals surface area contributed by atoms with Crippen molar-refractivity contribution in [2.24, 2.45) is 10.8 Å². The number of nitrogens with two attached hydrogens (primary N) is 1. The molecular weight excluding hydrogens is 246 g/mol. The van der Waals surface area contributed by atoms with Gasteiger partial charge in [0.1, 0.15) is 6.07 Å². The number of amidine groups is 1. The predicted molar refractivity (Wildman–Crippen MR) is 67.3 cm³/mol. The molecule has 0 saturated carbocycles. The number of para-hydroxylation sites is 1. The molecule has 16 heavy (non-hydrogen) atoms. The zero-order valence-electron chi connectivity index (χ0n) is 8.03. The number of thiol groups is 1. The molecule has 0 aliphatic heterocycles. The minimum absolute atomic E-state index is 0.215. The normalized spacial score (nSPS) is 10.7. The van der Waals surface area contributed by atoms with Gasteiger partial charge in [0.25, 0.3) is 0 Å². The number of hydrogen-bond acceptors (Lipinski definition) is 5. The van der Waals surface area contributed by atoms with Crippen LogP contribution in [-0.2, 0) is 0 Å². The maximum Gasteiger partial charge on any atom is 0.201 e. The van der Waals surface area contributed by atoms with Gasteiger partial charge in [-0.25, -0.2) is 0 Å². The van der Waals surface area contributed by atoms with E-state index in [1.807, 2.05) is 0 Å². The van der Waals surface area contributed by atoms with Crippen molar-refractivity contribution in [3.8, 4) is 6.07 Å². The van der Waals surface area contributed by atoms with E-state index in [0.29, 0.717) is 15.6 Å². The third-order valence-corrected chi connectivity index (χ3v) is 2.32. The first-order valence-electron chi connectivity index (χ1n) is 4.12. The van der Waals surface area contributed by atoms with Gasteiger partial charge in [-0.3, -0.25) is 10.8 Å². The summed E-state index contributed by atoms with van der Waals surface area (Å²) in [5, 5.41) is 19.7. The predicted octanol–water partition coefficient (Wildman–Crippen LogP) is 1.86. The van der Waals surface area contributed by atoms with Gasteiger partial charge in [-0.05, 0) is 12.1 Å². The molecule has 7 heteroatoms. The molecule has 0 fully saturated rings. The zero-order valence-corrected chi connectivity index (χ0v) is 9.68. The van der Waals surface area contributed by atoms with Crippen molar-refractivity contribution < 1.29 is 0 Å². The van der Waals surface area contributed by atoms with Crippen LogP contribution < -0.4 is 11.2 Å². The van der Waals surface area contributed by atoms with E-state index in [1.165, 1.54) is 0 Å². The highest BCUT2D eigenvalue weighted by Crippen LogP contribution is 2.28. The Hall–Kier alpha value is -1.71. The van der Waals surface area contributed by atoms with E-state index in [-0.39, 0.29) is 5.71 Å². The molecule has 4 N–H and O–H groups in total. The third kappa shape index (κ3) is 2.89. The van der Waals surface area contributed by atoms with Gasteiger partial charge in [0.15, 0.2) is 5.84 Å². The number of rotatable bonds is 3. The van der Waals surface area contributed by atoms with Gasteiger partial charge in [0.2, 0.25) is 5.71 Å².